The van der Waals surface area contributed by atoms with Crippen molar-refractivity contribution < 1.29 is 0 Å². The molecule has 0 radical (unpaired) electrons. The molecule has 3 aromatic rings. The fourth-order valence-corrected chi connectivity index (χ4v) is 4.10. The van der Waals surface area contributed by atoms with Crippen LogP contribution in [0.1, 0.15) is 31.0 Å². The Bertz CT molecular complexity index is 879. The summed E-state index contributed by atoms with van der Waals surface area (Å²) < 4.78 is 4.44. The van der Waals surface area contributed by atoms with Crippen molar-refractivity contribution >= 4 is 30.6 Å². The van der Waals surface area contributed by atoms with Crippen LogP contribution in [0.2, 0.25) is 0 Å². The van der Waals surface area contributed by atoms with Crippen molar-refractivity contribution in [3.63, 3.8) is 0 Å². The Balaban J connectivity index is 0.00000120. The Kier molecular flexibility index (Phi) is 7.10. The van der Waals surface area contributed by atoms with Crippen molar-refractivity contribution in [3.05, 3.63) is 42.7 Å². The number of anilines is 1. The molecule has 1 fully saturated rings. The van der Waals surface area contributed by atoms with Crippen LogP contribution in [-0.4, -0.2) is 48.9 Å². The zero-order valence-corrected chi connectivity index (χ0v) is 17.8. The van der Waals surface area contributed by atoms with Gasteiger partial charge in [0.1, 0.15) is 11.5 Å². The van der Waals surface area contributed by atoms with Crippen molar-refractivity contribution in [3.8, 4) is 11.5 Å². The lowest BCUT2D eigenvalue weighted by atomic mass is 10.0. The normalized spacial score (nSPS) is 17.0. The summed E-state index contributed by atoms with van der Waals surface area (Å²) in [4.78, 5) is 15.6. The molecule has 10 heteroatoms. The van der Waals surface area contributed by atoms with E-state index in [-0.39, 0.29) is 24.8 Å². The number of piperidine rings is 1. The van der Waals surface area contributed by atoms with Gasteiger partial charge in [-0.05, 0) is 31.9 Å². The van der Waals surface area contributed by atoms with Gasteiger partial charge in [-0.15, -0.1) is 24.8 Å². The molecule has 2 aliphatic rings. The van der Waals surface area contributed by atoms with Gasteiger partial charge in [0.05, 0.1) is 11.9 Å². The minimum atomic E-state index is 0. The van der Waals surface area contributed by atoms with E-state index >= 15 is 0 Å². The van der Waals surface area contributed by atoms with Crippen LogP contribution in [0, 0.1) is 0 Å². The molecule has 0 atom stereocenters. The number of nitrogens with zero attached hydrogens (tertiary/aromatic N) is 7. The summed E-state index contributed by atoms with van der Waals surface area (Å²) in [6, 6.07) is 2.63. The van der Waals surface area contributed by atoms with E-state index < -0.39 is 0 Å². The zero-order chi connectivity index (χ0) is 18.1. The summed E-state index contributed by atoms with van der Waals surface area (Å²) in [5.74, 6) is 1.95. The summed E-state index contributed by atoms with van der Waals surface area (Å²) >= 11 is 0. The van der Waals surface area contributed by atoms with Gasteiger partial charge in [-0.3, -0.25) is 9.67 Å². The minimum Gasteiger partial charge on any atom is -0.355 e. The van der Waals surface area contributed by atoms with E-state index in [9.17, 15) is 0 Å². The molecule has 1 saturated heterocycles. The molecule has 0 aromatic carbocycles. The molecular weight excluding hydrogens is 411 g/mol. The van der Waals surface area contributed by atoms with Gasteiger partial charge in [0.2, 0.25) is 0 Å². The highest BCUT2D eigenvalue weighted by Crippen LogP contribution is 2.29. The lowest BCUT2D eigenvalue weighted by molar-refractivity contribution is 0.397. The highest BCUT2D eigenvalue weighted by atomic mass is 35.5. The Morgan fingerprint density at radius 2 is 1.86 bits per heavy atom. The smallest absolute Gasteiger partial charge is 0.160 e. The number of imidazole rings is 1. The van der Waals surface area contributed by atoms with E-state index in [1.54, 1.807) is 12.4 Å². The van der Waals surface area contributed by atoms with Gasteiger partial charge in [-0.1, -0.05) is 0 Å². The maximum absolute atomic E-state index is 4.84. The number of aryl methyl sites for hydroxylation is 1. The van der Waals surface area contributed by atoms with Gasteiger partial charge in [0, 0.05) is 57.0 Å². The second-order valence-corrected chi connectivity index (χ2v) is 7.21. The molecule has 0 unspecified atom stereocenters. The molecule has 156 valence electrons. The highest BCUT2D eigenvalue weighted by Gasteiger charge is 2.24. The van der Waals surface area contributed by atoms with Crippen LogP contribution in [0.15, 0.2) is 37.1 Å². The van der Waals surface area contributed by atoms with Crippen LogP contribution < -0.4 is 10.2 Å². The first-order valence-corrected chi connectivity index (χ1v) is 9.70. The van der Waals surface area contributed by atoms with Gasteiger partial charge in [-0.2, -0.15) is 5.10 Å². The van der Waals surface area contributed by atoms with E-state index in [4.69, 9.17) is 5.10 Å². The predicted octanol–water partition coefficient (Wildman–Crippen LogP) is 2.71. The molecule has 0 spiro atoms. The molecule has 2 aliphatic heterocycles. The van der Waals surface area contributed by atoms with Crippen molar-refractivity contribution in [1.29, 1.82) is 0 Å². The summed E-state index contributed by atoms with van der Waals surface area (Å²) in [7, 11) is 0. The van der Waals surface area contributed by atoms with Crippen molar-refractivity contribution in [2.75, 3.05) is 24.5 Å². The number of rotatable bonds is 3. The van der Waals surface area contributed by atoms with Gasteiger partial charge in [0.15, 0.2) is 5.82 Å². The Labute approximate surface area is 182 Å². The predicted molar refractivity (Wildman–Crippen MR) is 117 cm³/mol. The average Bonchev–Trinajstić information content (AvgIpc) is 3.31. The molecule has 8 nitrogen and oxygen atoms in total. The van der Waals surface area contributed by atoms with E-state index in [1.165, 1.54) is 5.69 Å². The number of hydrogen-bond acceptors (Lipinski definition) is 6. The number of fused-ring (bicyclic) bond motifs is 1. The van der Waals surface area contributed by atoms with Crippen molar-refractivity contribution in [2.24, 2.45) is 0 Å². The largest absolute Gasteiger partial charge is 0.355 e. The molecule has 0 saturated carbocycles. The highest BCUT2D eigenvalue weighted by molar-refractivity contribution is 5.85. The first-order chi connectivity index (χ1) is 13.4. The summed E-state index contributed by atoms with van der Waals surface area (Å²) in [5.41, 5.74) is 2.23. The quantitative estimate of drug-likeness (QED) is 0.679. The Morgan fingerprint density at radius 1 is 1.00 bits per heavy atom. The van der Waals surface area contributed by atoms with Crippen LogP contribution >= 0.6 is 24.8 Å². The van der Waals surface area contributed by atoms with Gasteiger partial charge >= 0.3 is 0 Å². The number of halogens is 2. The fourth-order valence-electron chi connectivity index (χ4n) is 4.10. The summed E-state index contributed by atoms with van der Waals surface area (Å²) in [6.07, 6.45) is 12.6. The van der Waals surface area contributed by atoms with Crippen LogP contribution in [0.5, 0.6) is 0 Å². The minimum absolute atomic E-state index is 0. The van der Waals surface area contributed by atoms with Crippen molar-refractivity contribution in [2.45, 2.75) is 38.4 Å². The number of hydrogen-bond donors (Lipinski definition) is 1. The van der Waals surface area contributed by atoms with E-state index in [2.05, 4.69) is 46.7 Å². The number of nitrogens with one attached hydrogen (secondary N) is 1. The van der Waals surface area contributed by atoms with Crippen LogP contribution in [0.4, 0.5) is 5.82 Å². The molecular formula is C19H26Cl2N8. The first-order valence-electron chi connectivity index (χ1n) is 9.70. The molecule has 0 bridgehead atoms. The Morgan fingerprint density at radius 3 is 2.66 bits per heavy atom. The first kappa shape index (κ1) is 21.5. The molecule has 5 rings (SSSR count). The molecule has 0 amide bonds. The Hall–Kier alpha value is -2.16. The average molecular weight is 437 g/mol. The second kappa shape index (κ2) is 9.56. The van der Waals surface area contributed by atoms with E-state index in [0.29, 0.717) is 6.04 Å². The third kappa shape index (κ3) is 4.39. The van der Waals surface area contributed by atoms with Gasteiger partial charge in [0.25, 0.3) is 0 Å². The number of aromatic nitrogens is 6. The van der Waals surface area contributed by atoms with E-state index in [1.807, 2.05) is 12.4 Å². The molecule has 29 heavy (non-hydrogen) atoms. The molecule has 0 aliphatic carbocycles. The zero-order valence-electron chi connectivity index (χ0n) is 16.1. The topological polar surface area (TPSA) is 76.7 Å². The lowest BCUT2D eigenvalue weighted by Gasteiger charge is -2.33. The maximum atomic E-state index is 4.84. The molecule has 3 aromatic heterocycles. The third-order valence-electron chi connectivity index (χ3n) is 5.52. The van der Waals surface area contributed by atoms with Crippen LogP contribution in [0.3, 0.4) is 0 Å². The maximum Gasteiger partial charge on any atom is 0.160 e. The van der Waals surface area contributed by atoms with Crippen LogP contribution in [-0.2, 0) is 13.1 Å². The SMILES string of the molecule is Cl.Cl.c1cnc(N2CCC(n3ccnc3-c3cc4n(n3)CCCNC4)CC2)cn1. The fraction of sp³-hybridized carbons (Fsp3) is 0.474. The third-order valence-corrected chi connectivity index (χ3v) is 5.52. The molecule has 1 N–H and O–H groups in total. The second-order valence-electron chi connectivity index (χ2n) is 7.21. The van der Waals surface area contributed by atoms with Gasteiger partial charge < -0.3 is 14.8 Å². The summed E-state index contributed by atoms with van der Waals surface area (Å²) in [6.45, 7) is 4.86. The standard InChI is InChI=1S/C19H24N8.2ClH/c1-4-20-13-16-12-17(24-27(16)8-1)19-23-7-11-26(19)15-2-9-25(10-3-15)18-14-21-5-6-22-18;;/h5-7,11-12,14-15,20H,1-4,8-10,13H2;2*1H. The van der Waals surface area contributed by atoms with Gasteiger partial charge in [-0.25, -0.2) is 9.97 Å². The molecule has 5 heterocycles. The van der Waals surface area contributed by atoms with Crippen LogP contribution in [0.25, 0.3) is 11.5 Å². The monoisotopic (exact) mass is 436 g/mol. The van der Waals surface area contributed by atoms with E-state index in [0.717, 1.165) is 69.3 Å². The van der Waals surface area contributed by atoms with Crippen molar-refractivity contribution in [1.82, 2.24) is 34.6 Å². The summed E-state index contributed by atoms with van der Waals surface area (Å²) in [5, 5.41) is 8.29. The lowest BCUT2D eigenvalue weighted by Crippen LogP contribution is -2.35.